The number of nitrogens with zero attached hydrogens (tertiary/aromatic N) is 1. The van der Waals surface area contributed by atoms with E-state index in [1.807, 2.05) is 37.4 Å². The van der Waals surface area contributed by atoms with Crippen LogP contribution in [0.15, 0.2) is 54.6 Å². The minimum Gasteiger partial charge on any atom is -0.497 e. The first kappa shape index (κ1) is 21.1. The first-order valence-corrected chi connectivity index (χ1v) is 9.40. The Morgan fingerprint density at radius 3 is 2.33 bits per heavy atom. The van der Waals surface area contributed by atoms with Crippen molar-refractivity contribution in [3.8, 4) is 11.5 Å². The van der Waals surface area contributed by atoms with E-state index in [0.717, 1.165) is 27.0 Å². The van der Waals surface area contributed by atoms with Gasteiger partial charge in [-0.05, 0) is 41.1 Å². The Bertz CT molecular complexity index is 1080. The van der Waals surface area contributed by atoms with E-state index >= 15 is 0 Å². The zero-order chi connectivity index (χ0) is 21.7. The Kier molecular flexibility index (Phi) is 6.48. The maximum atomic E-state index is 12.4. The van der Waals surface area contributed by atoms with E-state index in [4.69, 9.17) is 9.47 Å². The van der Waals surface area contributed by atoms with Crippen molar-refractivity contribution in [2.45, 2.75) is 6.54 Å². The van der Waals surface area contributed by atoms with Gasteiger partial charge in [0.15, 0.2) is 6.54 Å². The number of rotatable bonds is 8. The number of likely N-dealkylation sites (N-methyl/N-ethyl adjacent to an activating group) is 1. The van der Waals surface area contributed by atoms with Crippen LogP contribution >= 0.6 is 0 Å². The summed E-state index contributed by atoms with van der Waals surface area (Å²) in [5.41, 5.74) is 1.04. The first-order chi connectivity index (χ1) is 14.4. The molecular weight excluding hydrogens is 386 g/mol. The average molecular weight is 410 g/mol. The van der Waals surface area contributed by atoms with E-state index in [0.29, 0.717) is 12.3 Å². The molecular formula is C22H24N3O5+. The molecule has 0 aromatic heterocycles. The summed E-state index contributed by atoms with van der Waals surface area (Å²) >= 11 is 0. The van der Waals surface area contributed by atoms with Gasteiger partial charge in [-0.3, -0.25) is 14.9 Å². The average Bonchev–Trinajstić information content (AvgIpc) is 2.73. The lowest BCUT2D eigenvalue weighted by atomic mass is 10.1. The smallest absolute Gasteiger partial charge is 0.296 e. The number of quaternary nitrogens is 1. The Balaban J connectivity index is 1.65. The summed E-state index contributed by atoms with van der Waals surface area (Å²) in [5.74, 6) is 0.866. The normalized spacial score (nSPS) is 11.7. The lowest BCUT2D eigenvalue weighted by Crippen LogP contribution is -3.08. The van der Waals surface area contributed by atoms with Crippen molar-refractivity contribution >= 4 is 28.1 Å². The molecule has 0 aliphatic carbocycles. The second-order valence-electron chi connectivity index (χ2n) is 7.05. The first-order valence-electron chi connectivity index (χ1n) is 9.40. The highest BCUT2D eigenvalue weighted by atomic mass is 16.6. The van der Waals surface area contributed by atoms with Crippen LogP contribution in [0.25, 0.3) is 10.8 Å². The second-order valence-corrected chi connectivity index (χ2v) is 7.05. The Morgan fingerprint density at radius 1 is 1.00 bits per heavy atom. The summed E-state index contributed by atoms with van der Waals surface area (Å²) in [7, 11) is 4.97. The molecule has 0 saturated carbocycles. The summed E-state index contributed by atoms with van der Waals surface area (Å²) < 4.78 is 10.3. The van der Waals surface area contributed by atoms with Crippen LogP contribution < -0.4 is 19.7 Å². The summed E-state index contributed by atoms with van der Waals surface area (Å²) in [6, 6.07) is 16.4. The predicted octanol–water partition coefficient (Wildman–Crippen LogP) is 2.42. The lowest BCUT2D eigenvalue weighted by Gasteiger charge is -2.15. The van der Waals surface area contributed by atoms with Gasteiger partial charge in [0.2, 0.25) is 0 Å². The molecule has 1 atom stereocenters. The molecule has 1 amide bonds. The maximum Gasteiger partial charge on any atom is 0.296 e. The maximum absolute atomic E-state index is 12.4. The third-order valence-corrected chi connectivity index (χ3v) is 4.76. The zero-order valence-corrected chi connectivity index (χ0v) is 17.1. The standard InChI is InChI=1S/C22H23N3O5/c1-24(13-15-4-5-17-11-18(29-2)7-6-16(17)10-15)14-22(26)23-20-9-8-19(30-3)12-21(20)25(27)28/h4-12H,13-14H2,1-3H3,(H,23,26)/p+1. The Labute approximate surface area is 174 Å². The number of hydrogen-bond acceptors (Lipinski definition) is 5. The number of hydrogen-bond donors (Lipinski definition) is 2. The van der Waals surface area contributed by atoms with Crippen molar-refractivity contribution in [1.82, 2.24) is 0 Å². The number of carbonyl (C=O) groups is 1. The summed E-state index contributed by atoms with van der Waals surface area (Å²) in [5, 5.41) is 16.1. The summed E-state index contributed by atoms with van der Waals surface area (Å²) in [6.07, 6.45) is 0. The van der Waals surface area contributed by atoms with Crippen LogP contribution in [0.5, 0.6) is 11.5 Å². The van der Waals surface area contributed by atoms with Crippen molar-refractivity contribution in [3.05, 3.63) is 70.3 Å². The fraction of sp³-hybridized carbons (Fsp3) is 0.227. The van der Waals surface area contributed by atoms with E-state index in [2.05, 4.69) is 11.4 Å². The minimum absolute atomic E-state index is 0.151. The van der Waals surface area contributed by atoms with E-state index in [1.54, 1.807) is 13.2 Å². The van der Waals surface area contributed by atoms with Crippen LogP contribution in [0.1, 0.15) is 5.56 Å². The van der Waals surface area contributed by atoms with Gasteiger partial charge in [-0.25, -0.2) is 0 Å². The highest BCUT2D eigenvalue weighted by Gasteiger charge is 2.19. The molecule has 0 radical (unpaired) electrons. The van der Waals surface area contributed by atoms with Crippen LogP contribution in [0, 0.1) is 10.1 Å². The molecule has 0 heterocycles. The molecule has 0 aliphatic heterocycles. The molecule has 156 valence electrons. The van der Waals surface area contributed by atoms with Crippen molar-refractivity contribution in [3.63, 3.8) is 0 Å². The number of anilines is 1. The molecule has 0 aliphatic rings. The molecule has 30 heavy (non-hydrogen) atoms. The Hall–Kier alpha value is -3.65. The van der Waals surface area contributed by atoms with Gasteiger partial charge < -0.3 is 19.7 Å². The molecule has 0 bridgehead atoms. The number of amides is 1. The van der Waals surface area contributed by atoms with Gasteiger partial charge in [0.05, 0.1) is 32.3 Å². The predicted molar refractivity (Wildman–Crippen MR) is 114 cm³/mol. The van der Waals surface area contributed by atoms with Gasteiger partial charge in [-0.15, -0.1) is 0 Å². The van der Waals surface area contributed by atoms with Crippen LogP contribution in [0.4, 0.5) is 11.4 Å². The van der Waals surface area contributed by atoms with Crippen LogP contribution in [-0.2, 0) is 11.3 Å². The highest BCUT2D eigenvalue weighted by molar-refractivity contribution is 5.94. The number of carbonyl (C=O) groups excluding carboxylic acids is 1. The number of benzene rings is 3. The molecule has 1 unspecified atom stereocenters. The fourth-order valence-corrected chi connectivity index (χ4v) is 3.28. The lowest BCUT2D eigenvalue weighted by molar-refractivity contribution is -0.885. The van der Waals surface area contributed by atoms with Gasteiger partial charge in [0.1, 0.15) is 23.7 Å². The van der Waals surface area contributed by atoms with E-state index in [-0.39, 0.29) is 23.8 Å². The van der Waals surface area contributed by atoms with Crippen molar-refractivity contribution in [1.29, 1.82) is 0 Å². The molecule has 0 spiro atoms. The van der Waals surface area contributed by atoms with Gasteiger partial charge in [-0.2, -0.15) is 0 Å². The topological polar surface area (TPSA) is 95.1 Å². The fourth-order valence-electron chi connectivity index (χ4n) is 3.28. The number of nitrogens with one attached hydrogen (secondary N) is 2. The van der Waals surface area contributed by atoms with Crippen LogP contribution in [-0.4, -0.2) is 38.6 Å². The van der Waals surface area contributed by atoms with Crippen LogP contribution in [0.2, 0.25) is 0 Å². The van der Waals surface area contributed by atoms with Gasteiger partial charge in [-0.1, -0.05) is 18.2 Å². The molecule has 8 nitrogen and oxygen atoms in total. The zero-order valence-electron chi connectivity index (χ0n) is 17.1. The largest absolute Gasteiger partial charge is 0.497 e. The number of nitro benzene ring substituents is 1. The highest BCUT2D eigenvalue weighted by Crippen LogP contribution is 2.28. The van der Waals surface area contributed by atoms with E-state index in [1.165, 1.54) is 19.2 Å². The van der Waals surface area contributed by atoms with Gasteiger partial charge >= 0.3 is 0 Å². The molecule has 3 aromatic rings. The molecule has 0 fully saturated rings. The Morgan fingerprint density at radius 2 is 1.63 bits per heavy atom. The number of ether oxygens (including phenoxy) is 2. The van der Waals surface area contributed by atoms with E-state index in [9.17, 15) is 14.9 Å². The number of fused-ring (bicyclic) bond motifs is 1. The van der Waals surface area contributed by atoms with Crippen molar-refractivity contribution in [2.24, 2.45) is 0 Å². The molecule has 0 saturated heterocycles. The van der Waals surface area contributed by atoms with Crippen molar-refractivity contribution in [2.75, 3.05) is 33.1 Å². The molecule has 3 aromatic carbocycles. The summed E-state index contributed by atoms with van der Waals surface area (Å²) in [6.45, 7) is 0.809. The SMILES string of the molecule is COc1ccc(NC(=O)C[NH+](C)Cc2ccc3cc(OC)ccc3c2)c([N+](=O)[O-])c1. The second kappa shape index (κ2) is 9.23. The minimum atomic E-state index is -0.543. The summed E-state index contributed by atoms with van der Waals surface area (Å²) in [4.78, 5) is 24.1. The number of methoxy groups -OCH3 is 2. The quantitative estimate of drug-likeness (QED) is 0.439. The van der Waals surface area contributed by atoms with Crippen LogP contribution in [0.3, 0.4) is 0 Å². The monoisotopic (exact) mass is 410 g/mol. The van der Waals surface area contributed by atoms with E-state index < -0.39 is 4.92 Å². The van der Waals surface area contributed by atoms with Gasteiger partial charge in [0.25, 0.3) is 11.6 Å². The third-order valence-electron chi connectivity index (χ3n) is 4.76. The van der Waals surface area contributed by atoms with Crippen molar-refractivity contribution < 1.29 is 24.1 Å². The van der Waals surface area contributed by atoms with Gasteiger partial charge in [0, 0.05) is 5.56 Å². The molecule has 3 rings (SSSR count). The molecule has 2 N–H and O–H groups in total. The third kappa shape index (κ3) is 5.03. The number of nitro groups is 1. The molecule has 8 heteroatoms.